The Labute approximate surface area is 100 Å². The molecule has 2 heterocycles. The highest BCUT2D eigenvalue weighted by Gasteiger charge is 2.13. The van der Waals surface area contributed by atoms with Gasteiger partial charge in [-0.3, -0.25) is 4.40 Å². The first-order chi connectivity index (χ1) is 7.49. The van der Waals surface area contributed by atoms with Crippen LogP contribution in [0.5, 0.6) is 0 Å². The predicted octanol–water partition coefficient (Wildman–Crippen LogP) is 3.20. The summed E-state index contributed by atoms with van der Waals surface area (Å²) in [5.74, 6) is 1.55. The van der Waals surface area contributed by atoms with Crippen molar-refractivity contribution in [3.05, 3.63) is 28.4 Å². The summed E-state index contributed by atoms with van der Waals surface area (Å²) in [7, 11) is 0. The Hall–Kier alpha value is -1.09. The first-order valence-electron chi connectivity index (χ1n) is 5.50. The Morgan fingerprint density at radius 1 is 1.31 bits per heavy atom. The first kappa shape index (κ1) is 11.4. The van der Waals surface area contributed by atoms with Gasteiger partial charge in [-0.05, 0) is 32.3 Å². The van der Waals surface area contributed by atoms with Crippen molar-refractivity contribution in [1.82, 2.24) is 14.4 Å². The largest absolute Gasteiger partial charge is 0.285 e. The maximum atomic E-state index is 5.99. The highest BCUT2D eigenvalue weighted by molar-refractivity contribution is 6.29. The molecule has 3 nitrogen and oxygen atoms in total. The molecule has 0 bridgehead atoms. The fraction of sp³-hybridized carbons (Fsp3) is 0.500. The SMILES string of the molecule is Cc1cc(Cl)nc2c(CC(C)C)nc(C)n12. The van der Waals surface area contributed by atoms with Crippen LogP contribution in [0.2, 0.25) is 5.15 Å². The van der Waals surface area contributed by atoms with E-state index >= 15 is 0 Å². The molecule has 0 spiro atoms. The van der Waals surface area contributed by atoms with Gasteiger partial charge in [0.1, 0.15) is 11.0 Å². The van der Waals surface area contributed by atoms with E-state index in [9.17, 15) is 0 Å². The second-order valence-electron chi connectivity index (χ2n) is 4.58. The first-order valence-corrected chi connectivity index (χ1v) is 5.88. The van der Waals surface area contributed by atoms with Gasteiger partial charge in [-0.15, -0.1) is 0 Å². The number of nitrogens with zero attached hydrogens (tertiary/aromatic N) is 3. The molecule has 0 aliphatic carbocycles. The molecule has 0 aliphatic rings. The molecule has 0 aromatic carbocycles. The Balaban J connectivity index is 2.68. The van der Waals surface area contributed by atoms with Crippen LogP contribution in [0.3, 0.4) is 0 Å². The molecule has 4 heteroatoms. The molecule has 16 heavy (non-hydrogen) atoms. The Morgan fingerprint density at radius 2 is 2.00 bits per heavy atom. The molecule has 0 unspecified atom stereocenters. The van der Waals surface area contributed by atoms with Crippen molar-refractivity contribution >= 4 is 17.2 Å². The van der Waals surface area contributed by atoms with Gasteiger partial charge in [0.05, 0.1) is 5.69 Å². The third kappa shape index (κ3) is 1.92. The van der Waals surface area contributed by atoms with E-state index in [1.165, 1.54) is 0 Å². The van der Waals surface area contributed by atoms with Gasteiger partial charge >= 0.3 is 0 Å². The van der Waals surface area contributed by atoms with Crippen LogP contribution in [-0.4, -0.2) is 14.4 Å². The molecule has 0 saturated heterocycles. The smallest absolute Gasteiger partial charge is 0.161 e. The maximum Gasteiger partial charge on any atom is 0.161 e. The number of hydrogen-bond donors (Lipinski definition) is 0. The zero-order valence-electron chi connectivity index (χ0n) is 10.1. The van der Waals surface area contributed by atoms with Crippen molar-refractivity contribution in [3.63, 3.8) is 0 Å². The Bertz CT molecular complexity index is 529. The molecule has 0 fully saturated rings. The third-order valence-corrected chi connectivity index (χ3v) is 2.78. The maximum absolute atomic E-state index is 5.99. The topological polar surface area (TPSA) is 30.2 Å². The van der Waals surface area contributed by atoms with Gasteiger partial charge in [-0.2, -0.15) is 0 Å². The lowest BCUT2D eigenvalue weighted by Gasteiger charge is -2.04. The molecule has 0 amide bonds. The molecule has 0 saturated carbocycles. The second-order valence-corrected chi connectivity index (χ2v) is 4.97. The van der Waals surface area contributed by atoms with E-state index in [1.807, 2.05) is 19.9 Å². The quantitative estimate of drug-likeness (QED) is 0.751. The van der Waals surface area contributed by atoms with Crippen LogP contribution in [0, 0.1) is 19.8 Å². The minimum Gasteiger partial charge on any atom is -0.285 e. The van der Waals surface area contributed by atoms with Gasteiger partial charge in [0.2, 0.25) is 0 Å². The van der Waals surface area contributed by atoms with E-state index in [4.69, 9.17) is 11.6 Å². The van der Waals surface area contributed by atoms with Crippen LogP contribution in [-0.2, 0) is 6.42 Å². The summed E-state index contributed by atoms with van der Waals surface area (Å²) in [4.78, 5) is 8.95. The molecule has 0 N–H and O–H groups in total. The zero-order valence-corrected chi connectivity index (χ0v) is 10.8. The molecule has 0 aliphatic heterocycles. The van der Waals surface area contributed by atoms with Gasteiger partial charge < -0.3 is 0 Å². The summed E-state index contributed by atoms with van der Waals surface area (Å²) in [6.07, 6.45) is 0.935. The standard InChI is InChI=1S/C12H16ClN3/c1-7(2)5-10-12-15-11(13)6-8(3)16(12)9(4)14-10/h6-7H,5H2,1-4H3. The second kappa shape index (κ2) is 4.06. The highest BCUT2D eigenvalue weighted by atomic mass is 35.5. The summed E-state index contributed by atoms with van der Waals surface area (Å²) in [5, 5.41) is 0.537. The summed E-state index contributed by atoms with van der Waals surface area (Å²) in [5.41, 5.74) is 3.02. The number of hydrogen-bond acceptors (Lipinski definition) is 2. The van der Waals surface area contributed by atoms with E-state index in [0.717, 1.165) is 29.3 Å². The Kier molecular flexibility index (Phi) is 2.89. The van der Waals surface area contributed by atoms with Gasteiger partial charge in [0.25, 0.3) is 0 Å². The fourth-order valence-corrected chi connectivity index (χ4v) is 2.25. The monoisotopic (exact) mass is 237 g/mol. The van der Waals surface area contributed by atoms with E-state index in [1.54, 1.807) is 0 Å². The number of aromatic nitrogens is 3. The van der Waals surface area contributed by atoms with Crippen molar-refractivity contribution in [2.75, 3.05) is 0 Å². The fourth-order valence-electron chi connectivity index (χ4n) is 2.01. The van der Waals surface area contributed by atoms with Gasteiger partial charge in [0, 0.05) is 5.69 Å². The van der Waals surface area contributed by atoms with Crippen molar-refractivity contribution < 1.29 is 0 Å². The lowest BCUT2D eigenvalue weighted by Crippen LogP contribution is -1.98. The summed E-state index contributed by atoms with van der Waals surface area (Å²) in [6.45, 7) is 8.38. The number of imidazole rings is 1. The van der Waals surface area contributed by atoms with Crippen LogP contribution in [0.4, 0.5) is 0 Å². The van der Waals surface area contributed by atoms with Crippen molar-refractivity contribution in [2.45, 2.75) is 34.1 Å². The summed E-state index contributed by atoms with van der Waals surface area (Å²) < 4.78 is 2.06. The third-order valence-electron chi connectivity index (χ3n) is 2.59. The highest BCUT2D eigenvalue weighted by Crippen LogP contribution is 2.19. The average Bonchev–Trinajstić information content (AvgIpc) is 2.41. The lowest BCUT2D eigenvalue weighted by atomic mass is 10.1. The number of halogens is 1. The summed E-state index contributed by atoms with van der Waals surface area (Å²) >= 11 is 5.99. The Morgan fingerprint density at radius 3 is 2.62 bits per heavy atom. The predicted molar refractivity (Wildman–Crippen MR) is 66.0 cm³/mol. The molecule has 2 aromatic rings. The van der Waals surface area contributed by atoms with Gasteiger partial charge in [-0.25, -0.2) is 9.97 Å². The number of fused-ring (bicyclic) bond motifs is 1. The number of aryl methyl sites for hydroxylation is 2. The number of rotatable bonds is 2. The van der Waals surface area contributed by atoms with Crippen LogP contribution >= 0.6 is 11.6 Å². The molecular weight excluding hydrogens is 222 g/mol. The lowest BCUT2D eigenvalue weighted by molar-refractivity contribution is 0.639. The van der Waals surface area contributed by atoms with Crippen molar-refractivity contribution in [3.8, 4) is 0 Å². The zero-order chi connectivity index (χ0) is 11.9. The van der Waals surface area contributed by atoms with E-state index in [0.29, 0.717) is 11.1 Å². The van der Waals surface area contributed by atoms with E-state index in [2.05, 4.69) is 28.2 Å². The van der Waals surface area contributed by atoms with Crippen LogP contribution < -0.4 is 0 Å². The summed E-state index contributed by atoms with van der Waals surface area (Å²) in [6, 6.07) is 1.86. The van der Waals surface area contributed by atoms with Gasteiger partial charge in [-0.1, -0.05) is 25.4 Å². The molecule has 0 atom stereocenters. The van der Waals surface area contributed by atoms with Crippen LogP contribution in [0.1, 0.15) is 31.1 Å². The molecular formula is C12H16ClN3. The van der Waals surface area contributed by atoms with E-state index < -0.39 is 0 Å². The van der Waals surface area contributed by atoms with Crippen molar-refractivity contribution in [2.24, 2.45) is 5.92 Å². The van der Waals surface area contributed by atoms with Crippen LogP contribution in [0.25, 0.3) is 5.65 Å². The van der Waals surface area contributed by atoms with E-state index in [-0.39, 0.29) is 0 Å². The molecule has 0 radical (unpaired) electrons. The normalized spacial score (nSPS) is 11.6. The average molecular weight is 238 g/mol. The molecule has 2 aromatic heterocycles. The molecule has 86 valence electrons. The van der Waals surface area contributed by atoms with Crippen molar-refractivity contribution in [1.29, 1.82) is 0 Å². The van der Waals surface area contributed by atoms with Crippen LogP contribution in [0.15, 0.2) is 6.07 Å². The minimum absolute atomic E-state index is 0.537. The molecule has 2 rings (SSSR count). The van der Waals surface area contributed by atoms with Gasteiger partial charge in [0.15, 0.2) is 5.65 Å². The minimum atomic E-state index is 0.537.